The molecule has 1 aliphatic carbocycles. The van der Waals surface area contributed by atoms with Crippen molar-refractivity contribution in [3.05, 3.63) is 76.9 Å². The number of nitrogens with two attached hydrogens (primary N) is 1. The minimum atomic E-state index is -0.412. The number of amides is 1. The van der Waals surface area contributed by atoms with Crippen LogP contribution in [0.3, 0.4) is 0 Å². The van der Waals surface area contributed by atoms with Gasteiger partial charge in [0.25, 0.3) is 0 Å². The summed E-state index contributed by atoms with van der Waals surface area (Å²) in [5, 5.41) is 0. The number of nitrogens with zero attached hydrogens (tertiary/aromatic N) is 2. The summed E-state index contributed by atoms with van der Waals surface area (Å²) in [6, 6.07) is 17.8. The molecule has 32 heavy (non-hydrogen) atoms. The Morgan fingerprint density at radius 3 is 2.00 bits per heavy atom. The number of hydrogen-bond donors (Lipinski definition) is 1. The van der Waals surface area contributed by atoms with Gasteiger partial charge in [-0.25, -0.2) is 0 Å². The Morgan fingerprint density at radius 2 is 1.44 bits per heavy atom. The number of aryl methyl sites for hydroxylation is 2. The number of fused-ring (bicyclic) bond motifs is 2. The Hall–Kier alpha value is -2.43. The number of piperidine rings is 1. The van der Waals surface area contributed by atoms with Crippen LogP contribution in [-0.4, -0.2) is 54.0 Å². The van der Waals surface area contributed by atoms with E-state index in [1.165, 1.54) is 40.7 Å². The van der Waals surface area contributed by atoms with Gasteiger partial charge in [-0.15, -0.1) is 0 Å². The van der Waals surface area contributed by atoms with Crippen LogP contribution in [0.5, 0.6) is 0 Å². The molecular formula is C28H35N3O. The Labute approximate surface area is 192 Å². The summed E-state index contributed by atoms with van der Waals surface area (Å²) in [6.07, 6.45) is 9.77. The molecule has 0 aromatic heterocycles. The molecule has 0 bridgehead atoms. The molecule has 2 heterocycles. The molecule has 4 nitrogen and oxygen atoms in total. The first kappa shape index (κ1) is 21.4. The van der Waals surface area contributed by atoms with Crippen LogP contribution in [0.1, 0.15) is 54.4 Å². The molecule has 5 rings (SSSR count). The van der Waals surface area contributed by atoms with E-state index in [1.54, 1.807) is 0 Å². The molecule has 2 fully saturated rings. The zero-order valence-corrected chi connectivity index (χ0v) is 19.1. The van der Waals surface area contributed by atoms with E-state index >= 15 is 0 Å². The van der Waals surface area contributed by atoms with Crippen molar-refractivity contribution < 1.29 is 4.79 Å². The Balaban J connectivity index is 1.29. The highest BCUT2D eigenvalue weighted by Crippen LogP contribution is 2.35. The van der Waals surface area contributed by atoms with Crippen LogP contribution >= 0.6 is 0 Å². The summed E-state index contributed by atoms with van der Waals surface area (Å²) in [5.74, 6) is -0.118. The zero-order chi connectivity index (χ0) is 22.0. The first-order chi connectivity index (χ1) is 15.7. The smallest absolute Gasteiger partial charge is 0.238 e. The number of likely N-dealkylation sites (tertiary alicyclic amines) is 2. The van der Waals surface area contributed by atoms with E-state index in [-0.39, 0.29) is 5.91 Å². The third kappa shape index (κ3) is 4.02. The van der Waals surface area contributed by atoms with Crippen molar-refractivity contribution in [3.63, 3.8) is 0 Å². The second-order valence-corrected chi connectivity index (χ2v) is 9.65. The van der Waals surface area contributed by atoms with Crippen LogP contribution in [0.2, 0.25) is 0 Å². The molecule has 0 spiro atoms. The van der Waals surface area contributed by atoms with Gasteiger partial charge in [-0.1, -0.05) is 54.6 Å². The predicted molar refractivity (Wildman–Crippen MR) is 130 cm³/mol. The average molecular weight is 430 g/mol. The summed E-state index contributed by atoms with van der Waals surface area (Å²) in [6.45, 7) is 4.98. The van der Waals surface area contributed by atoms with Crippen molar-refractivity contribution in [2.24, 2.45) is 5.73 Å². The number of primary amides is 1. The van der Waals surface area contributed by atoms with Gasteiger partial charge < -0.3 is 10.6 Å². The monoisotopic (exact) mass is 429 g/mol. The Kier molecular flexibility index (Phi) is 6.16. The number of benzene rings is 2. The van der Waals surface area contributed by atoms with E-state index in [4.69, 9.17) is 5.73 Å². The van der Waals surface area contributed by atoms with Crippen molar-refractivity contribution in [3.8, 4) is 0 Å². The molecule has 0 atom stereocenters. The average Bonchev–Trinajstić information content (AvgIpc) is 3.32. The molecule has 4 heteroatoms. The van der Waals surface area contributed by atoms with Crippen LogP contribution in [0.15, 0.2) is 54.6 Å². The summed E-state index contributed by atoms with van der Waals surface area (Å²) in [7, 11) is 0. The van der Waals surface area contributed by atoms with Gasteiger partial charge in [0.05, 0.1) is 0 Å². The van der Waals surface area contributed by atoms with Crippen LogP contribution in [-0.2, 0) is 17.6 Å². The van der Waals surface area contributed by atoms with Gasteiger partial charge in [-0.3, -0.25) is 9.69 Å². The molecule has 2 aromatic carbocycles. The van der Waals surface area contributed by atoms with E-state index in [1.807, 2.05) is 0 Å². The summed E-state index contributed by atoms with van der Waals surface area (Å²) in [5.41, 5.74) is 12.6. The number of rotatable bonds is 5. The van der Waals surface area contributed by atoms with Gasteiger partial charge in [0, 0.05) is 19.6 Å². The lowest BCUT2D eigenvalue weighted by Gasteiger charge is -2.45. The first-order valence-electron chi connectivity index (χ1n) is 12.3. The summed E-state index contributed by atoms with van der Waals surface area (Å²) < 4.78 is 0. The third-order valence-corrected chi connectivity index (χ3v) is 7.93. The minimum Gasteiger partial charge on any atom is -0.368 e. The van der Waals surface area contributed by atoms with Crippen molar-refractivity contribution in [2.75, 3.05) is 32.7 Å². The maximum atomic E-state index is 12.4. The first-order valence-corrected chi connectivity index (χ1v) is 12.3. The van der Waals surface area contributed by atoms with Crippen LogP contribution in [0.25, 0.3) is 5.57 Å². The molecule has 168 valence electrons. The molecule has 2 saturated heterocycles. The van der Waals surface area contributed by atoms with Crippen molar-refractivity contribution in [2.45, 2.75) is 50.5 Å². The number of carbonyl (C=O) groups is 1. The van der Waals surface area contributed by atoms with E-state index in [2.05, 4.69) is 64.4 Å². The fourth-order valence-electron chi connectivity index (χ4n) is 6.04. The van der Waals surface area contributed by atoms with E-state index in [9.17, 15) is 4.79 Å². The quantitative estimate of drug-likeness (QED) is 0.781. The SMILES string of the molecule is NC(=O)C1(N2CCCC2)CCN(CCC=C2c3ccccc3CCc3ccccc32)CC1. The van der Waals surface area contributed by atoms with E-state index < -0.39 is 5.54 Å². The Bertz CT molecular complexity index is 948. The molecule has 1 amide bonds. The minimum absolute atomic E-state index is 0.118. The number of carbonyl (C=O) groups excluding carboxylic acids is 1. The molecule has 2 aliphatic heterocycles. The van der Waals surface area contributed by atoms with E-state index in [0.717, 1.165) is 64.8 Å². The topological polar surface area (TPSA) is 49.6 Å². The third-order valence-electron chi connectivity index (χ3n) is 7.93. The molecule has 0 saturated carbocycles. The standard InChI is InChI=1S/C28H35N3O/c29-27(32)28(31-18-5-6-19-31)15-20-30(21-16-28)17-7-12-26-24-10-3-1-8-22(24)13-14-23-9-2-4-11-25(23)26/h1-4,8-12H,5-7,13-21H2,(H2,29,32). The molecule has 2 aromatic rings. The summed E-state index contributed by atoms with van der Waals surface area (Å²) in [4.78, 5) is 17.3. The van der Waals surface area contributed by atoms with Crippen molar-refractivity contribution >= 4 is 11.5 Å². The lowest BCUT2D eigenvalue weighted by Crippen LogP contribution is -2.61. The number of hydrogen-bond acceptors (Lipinski definition) is 3. The highest BCUT2D eigenvalue weighted by molar-refractivity contribution is 5.85. The fourth-order valence-corrected chi connectivity index (χ4v) is 6.04. The van der Waals surface area contributed by atoms with Gasteiger partial charge in [0.1, 0.15) is 5.54 Å². The van der Waals surface area contributed by atoms with Crippen LogP contribution in [0, 0.1) is 0 Å². The normalized spacial score (nSPS) is 20.9. The van der Waals surface area contributed by atoms with Gasteiger partial charge >= 0.3 is 0 Å². The predicted octanol–water partition coefficient (Wildman–Crippen LogP) is 4.02. The summed E-state index contributed by atoms with van der Waals surface area (Å²) >= 11 is 0. The molecule has 0 radical (unpaired) electrons. The lowest BCUT2D eigenvalue weighted by atomic mass is 9.85. The van der Waals surface area contributed by atoms with Crippen molar-refractivity contribution in [1.82, 2.24) is 9.80 Å². The maximum Gasteiger partial charge on any atom is 0.238 e. The fraction of sp³-hybridized carbons (Fsp3) is 0.464. The van der Waals surface area contributed by atoms with Crippen LogP contribution < -0.4 is 5.73 Å². The maximum absolute atomic E-state index is 12.4. The molecule has 2 N–H and O–H groups in total. The molecule has 0 unspecified atom stereocenters. The highest BCUT2D eigenvalue weighted by atomic mass is 16.1. The lowest BCUT2D eigenvalue weighted by molar-refractivity contribution is -0.133. The molecule has 3 aliphatic rings. The second-order valence-electron chi connectivity index (χ2n) is 9.65. The van der Waals surface area contributed by atoms with Gasteiger partial charge in [-0.05, 0) is 85.9 Å². The Morgan fingerprint density at radius 1 is 0.875 bits per heavy atom. The van der Waals surface area contributed by atoms with E-state index in [0.29, 0.717) is 0 Å². The van der Waals surface area contributed by atoms with Crippen LogP contribution in [0.4, 0.5) is 0 Å². The zero-order valence-electron chi connectivity index (χ0n) is 19.1. The molecular weight excluding hydrogens is 394 g/mol. The van der Waals surface area contributed by atoms with Gasteiger partial charge in [0.15, 0.2) is 0 Å². The highest BCUT2D eigenvalue weighted by Gasteiger charge is 2.45. The van der Waals surface area contributed by atoms with Crippen molar-refractivity contribution in [1.29, 1.82) is 0 Å². The largest absolute Gasteiger partial charge is 0.368 e. The van der Waals surface area contributed by atoms with Gasteiger partial charge in [-0.2, -0.15) is 0 Å². The second kappa shape index (κ2) is 9.21. The van der Waals surface area contributed by atoms with Gasteiger partial charge in [0.2, 0.25) is 5.91 Å².